The Balaban J connectivity index is 2.53. The van der Waals surface area contributed by atoms with Gasteiger partial charge in [0.2, 0.25) is 0 Å². The highest BCUT2D eigenvalue weighted by atomic mass is 35.5. The molecule has 1 aromatic heterocycles. The zero-order chi connectivity index (χ0) is 10.8. The normalized spacial score (nSPS) is 10.3. The van der Waals surface area contributed by atoms with Gasteiger partial charge in [-0.2, -0.15) is 0 Å². The number of ether oxygens (including phenoxy) is 1. The fourth-order valence-corrected chi connectivity index (χ4v) is 2.41. The maximum atomic E-state index is 9.89. The third-order valence-corrected chi connectivity index (χ3v) is 3.32. The zero-order valence-electron chi connectivity index (χ0n) is 8.03. The first kappa shape index (κ1) is 10.3. The van der Waals surface area contributed by atoms with Gasteiger partial charge in [0.05, 0.1) is 11.4 Å². The van der Waals surface area contributed by atoms with Gasteiger partial charge in [0.25, 0.3) is 0 Å². The van der Waals surface area contributed by atoms with Crippen LogP contribution in [0.5, 0.6) is 11.5 Å². The van der Waals surface area contributed by atoms with Crippen LogP contribution < -0.4 is 4.74 Å². The van der Waals surface area contributed by atoms with Gasteiger partial charge in [0.15, 0.2) is 11.5 Å². The second kappa shape index (κ2) is 4.13. The van der Waals surface area contributed by atoms with Gasteiger partial charge in [-0.3, -0.25) is 0 Å². The molecule has 0 atom stereocenters. The summed E-state index contributed by atoms with van der Waals surface area (Å²) in [6.45, 7) is 0. The maximum absolute atomic E-state index is 9.89. The predicted molar refractivity (Wildman–Crippen MR) is 63.0 cm³/mol. The minimum Gasteiger partial charge on any atom is -0.504 e. The average molecular weight is 241 g/mol. The summed E-state index contributed by atoms with van der Waals surface area (Å²) in [5.74, 6) is 0.621. The molecule has 0 bridgehead atoms. The SMILES string of the molecule is COc1cccc(-c2ccc(Cl)s2)c1O. The Morgan fingerprint density at radius 3 is 2.67 bits per heavy atom. The molecule has 0 fully saturated rings. The molecular weight excluding hydrogens is 232 g/mol. The summed E-state index contributed by atoms with van der Waals surface area (Å²) in [6.07, 6.45) is 0. The van der Waals surface area contributed by atoms with E-state index in [0.717, 1.165) is 10.4 Å². The summed E-state index contributed by atoms with van der Waals surface area (Å²) in [5, 5.41) is 9.89. The predicted octanol–water partition coefficient (Wildman–Crippen LogP) is 3.78. The zero-order valence-corrected chi connectivity index (χ0v) is 9.60. The summed E-state index contributed by atoms with van der Waals surface area (Å²) in [5.41, 5.74) is 0.742. The highest BCUT2D eigenvalue weighted by molar-refractivity contribution is 7.19. The second-order valence-corrected chi connectivity index (χ2v) is 4.68. The number of thiophene rings is 1. The molecule has 0 radical (unpaired) electrons. The molecule has 0 amide bonds. The number of para-hydroxylation sites is 1. The second-order valence-electron chi connectivity index (χ2n) is 2.96. The van der Waals surface area contributed by atoms with E-state index in [1.165, 1.54) is 18.4 Å². The lowest BCUT2D eigenvalue weighted by molar-refractivity contribution is 0.374. The molecule has 2 aromatic rings. The van der Waals surface area contributed by atoms with Gasteiger partial charge in [-0.1, -0.05) is 17.7 Å². The maximum Gasteiger partial charge on any atom is 0.166 e. The van der Waals surface area contributed by atoms with Gasteiger partial charge in [0, 0.05) is 10.4 Å². The number of hydrogen-bond acceptors (Lipinski definition) is 3. The van der Waals surface area contributed by atoms with E-state index >= 15 is 0 Å². The van der Waals surface area contributed by atoms with Gasteiger partial charge in [-0.25, -0.2) is 0 Å². The fourth-order valence-electron chi connectivity index (χ4n) is 1.34. The van der Waals surface area contributed by atoms with E-state index < -0.39 is 0 Å². The molecule has 0 aliphatic rings. The lowest BCUT2D eigenvalue weighted by atomic mass is 10.1. The molecule has 0 aliphatic carbocycles. The van der Waals surface area contributed by atoms with Gasteiger partial charge in [-0.05, 0) is 24.3 Å². The fraction of sp³-hybridized carbons (Fsp3) is 0.0909. The van der Waals surface area contributed by atoms with Crippen molar-refractivity contribution in [3.63, 3.8) is 0 Å². The Morgan fingerprint density at radius 2 is 2.07 bits per heavy atom. The number of phenols is 1. The summed E-state index contributed by atoms with van der Waals surface area (Å²) in [7, 11) is 1.53. The van der Waals surface area contributed by atoms with E-state index in [2.05, 4.69) is 0 Å². The van der Waals surface area contributed by atoms with E-state index in [4.69, 9.17) is 16.3 Å². The third-order valence-electron chi connectivity index (χ3n) is 2.06. The van der Waals surface area contributed by atoms with Gasteiger partial charge >= 0.3 is 0 Å². The van der Waals surface area contributed by atoms with Crippen LogP contribution >= 0.6 is 22.9 Å². The first-order chi connectivity index (χ1) is 7.22. The van der Waals surface area contributed by atoms with Crippen LogP contribution in [0.25, 0.3) is 10.4 Å². The van der Waals surface area contributed by atoms with Gasteiger partial charge in [-0.15, -0.1) is 11.3 Å². The number of halogens is 1. The van der Waals surface area contributed by atoms with Crippen molar-refractivity contribution in [1.29, 1.82) is 0 Å². The van der Waals surface area contributed by atoms with Crippen LogP contribution in [0.1, 0.15) is 0 Å². The van der Waals surface area contributed by atoms with Crippen LogP contribution in [0.4, 0.5) is 0 Å². The lowest BCUT2D eigenvalue weighted by Gasteiger charge is -2.06. The largest absolute Gasteiger partial charge is 0.504 e. The van der Waals surface area contributed by atoms with Gasteiger partial charge < -0.3 is 9.84 Å². The number of methoxy groups -OCH3 is 1. The Labute approximate surface area is 96.7 Å². The summed E-state index contributed by atoms with van der Waals surface area (Å²) >= 11 is 7.27. The van der Waals surface area contributed by atoms with Crippen LogP contribution in [0.2, 0.25) is 4.34 Å². The molecule has 2 nitrogen and oxygen atoms in total. The molecule has 2 rings (SSSR count). The molecule has 0 aliphatic heterocycles. The molecule has 4 heteroatoms. The van der Waals surface area contributed by atoms with Crippen molar-refractivity contribution in [3.05, 3.63) is 34.7 Å². The molecule has 0 spiro atoms. The van der Waals surface area contributed by atoms with Crippen molar-refractivity contribution >= 4 is 22.9 Å². The van der Waals surface area contributed by atoms with Crippen LogP contribution in [0.3, 0.4) is 0 Å². The smallest absolute Gasteiger partial charge is 0.166 e. The Hall–Kier alpha value is -1.19. The first-order valence-electron chi connectivity index (χ1n) is 4.34. The molecule has 1 heterocycles. The number of aromatic hydroxyl groups is 1. The average Bonchev–Trinajstić information content (AvgIpc) is 2.65. The number of rotatable bonds is 2. The van der Waals surface area contributed by atoms with Crippen molar-refractivity contribution in [3.8, 4) is 21.9 Å². The molecule has 0 unspecified atom stereocenters. The minimum absolute atomic E-state index is 0.151. The molecular formula is C11H9ClO2S. The van der Waals surface area contributed by atoms with Crippen molar-refractivity contribution in [2.45, 2.75) is 0 Å². The van der Waals surface area contributed by atoms with Crippen molar-refractivity contribution in [1.82, 2.24) is 0 Å². The Kier molecular flexibility index (Phi) is 2.84. The van der Waals surface area contributed by atoms with Crippen LogP contribution in [0, 0.1) is 0 Å². The van der Waals surface area contributed by atoms with E-state index in [-0.39, 0.29) is 5.75 Å². The topological polar surface area (TPSA) is 29.5 Å². The van der Waals surface area contributed by atoms with Crippen LogP contribution in [-0.4, -0.2) is 12.2 Å². The molecule has 1 N–H and O–H groups in total. The van der Waals surface area contributed by atoms with E-state index in [0.29, 0.717) is 10.1 Å². The van der Waals surface area contributed by atoms with E-state index in [1.807, 2.05) is 18.2 Å². The van der Waals surface area contributed by atoms with Crippen LogP contribution in [-0.2, 0) is 0 Å². The highest BCUT2D eigenvalue weighted by Gasteiger charge is 2.10. The monoisotopic (exact) mass is 240 g/mol. The van der Waals surface area contributed by atoms with Crippen molar-refractivity contribution in [2.75, 3.05) is 7.11 Å². The molecule has 15 heavy (non-hydrogen) atoms. The Morgan fingerprint density at radius 1 is 1.27 bits per heavy atom. The van der Waals surface area contributed by atoms with E-state index in [9.17, 15) is 5.11 Å². The Bertz CT molecular complexity index is 479. The summed E-state index contributed by atoms with van der Waals surface area (Å²) < 4.78 is 5.74. The first-order valence-corrected chi connectivity index (χ1v) is 5.53. The van der Waals surface area contributed by atoms with E-state index in [1.54, 1.807) is 12.1 Å². The molecule has 78 valence electrons. The van der Waals surface area contributed by atoms with Gasteiger partial charge in [0.1, 0.15) is 0 Å². The van der Waals surface area contributed by atoms with Crippen LogP contribution in [0.15, 0.2) is 30.3 Å². The summed E-state index contributed by atoms with van der Waals surface area (Å²) in [4.78, 5) is 0.927. The molecule has 1 aromatic carbocycles. The quantitative estimate of drug-likeness (QED) is 0.866. The van der Waals surface area contributed by atoms with Crippen molar-refractivity contribution in [2.24, 2.45) is 0 Å². The summed E-state index contributed by atoms with van der Waals surface area (Å²) in [6, 6.07) is 9.07. The molecule has 0 saturated heterocycles. The number of hydrogen-bond donors (Lipinski definition) is 1. The standard InChI is InChI=1S/C11H9ClO2S/c1-14-8-4-2-3-7(11(8)13)9-5-6-10(12)15-9/h2-6,13H,1H3. The minimum atomic E-state index is 0.151. The number of benzene rings is 1. The highest BCUT2D eigenvalue weighted by Crippen LogP contribution is 2.40. The lowest BCUT2D eigenvalue weighted by Crippen LogP contribution is -1.84. The third kappa shape index (κ3) is 1.94. The van der Waals surface area contributed by atoms with Crippen molar-refractivity contribution < 1.29 is 9.84 Å². The number of phenolic OH excluding ortho intramolecular Hbond substituents is 1. The molecule has 0 saturated carbocycles.